The number of carbonyl (C=O) groups is 4. The summed E-state index contributed by atoms with van der Waals surface area (Å²) in [5.41, 5.74) is 0. The number of carbonyl (C=O) groups excluding carboxylic acids is 4. The Morgan fingerprint density at radius 3 is 0.855 bits per heavy atom. The van der Waals surface area contributed by atoms with Crippen molar-refractivity contribution >= 4 is 39.5 Å². The monoisotopic (exact) mass is 1230 g/mol. The van der Waals surface area contributed by atoms with E-state index in [1.165, 1.54) is 103 Å². The molecule has 0 saturated heterocycles. The lowest BCUT2D eigenvalue weighted by molar-refractivity contribution is -0.161. The lowest BCUT2D eigenvalue weighted by Gasteiger charge is -2.21. The van der Waals surface area contributed by atoms with E-state index in [-0.39, 0.29) is 25.7 Å². The molecule has 17 nitrogen and oxygen atoms in total. The van der Waals surface area contributed by atoms with Crippen LogP contribution in [-0.4, -0.2) is 96.7 Å². The molecule has 0 aromatic rings. The third-order valence-electron chi connectivity index (χ3n) is 14.9. The zero-order valence-electron chi connectivity index (χ0n) is 53.8. The number of phosphoric ester groups is 2. The standard InChI is InChI=1S/C64H124O17P2/c1-9-57(8)43-35-27-18-12-15-21-31-39-47-64(69)80-59(50-74-61(66)44-36-28-19-13-10-16-24-32-40-54(2)3)52-78-82(70,71)76-48-58(65)49-77-83(72,73)79-53-60(51-75-62(67)45-37-29-23-22-26-34-42-56(6)7)81-63(68)46-38-30-20-14-11-17-25-33-41-55(4)5/h54-60,65H,9-53H2,1-8H3,(H,70,71)(H,72,73)/t57?,58-,59-,60-/m1/s1. The van der Waals surface area contributed by atoms with Gasteiger partial charge < -0.3 is 33.8 Å². The predicted molar refractivity (Wildman–Crippen MR) is 331 cm³/mol. The molecule has 0 fully saturated rings. The van der Waals surface area contributed by atoms with Gasteiger partial charge in [-0.3, -0.25) is 37.3 Å². The van der Waals surface area contributed by atoms with Gasteiger partial charge in [0, 0.05) is 25.7 Å². The number of hydrogen-bond donors (Lipinski definition) is 3. The van der Waals surface area contributed by atoms with Crippen LogP contribution in [0.4, 0.5) is 0 Å². The minimum atomic E-state index is -4.95. The number of rotatable bonds is 61. The summed E-state index contributed by atoms with van der Waals surface area (Å²) >= 11 is 0. The number of hydrogen-bond acceptors (Lipinski definition) is 15. The molecule has 0 radical (unpaired) electrons. The highest BCUT2D eigenvalue weighted by Crippen LogP contribution is 2.45. The molecule has 0 rings (SSSR count). The Morgan fingerprint density at radius 2 is 0.578 bits per heavy atom. The summed E-state index contributed by atoms with van der Waals surface area (Å²) in [6.45, 7) is 13.9. The number of phosphoric acid groups is 2. The number of aliphatic hydroxyl groups excluding tert-OH is 1. The molecule has 3 N–H and O–H groups in total. The molecule has 83 heavy (non-hydrogen) atoms. The zero-order valence-corrected chi connectivity index (χ0v) is 55.6. The molecule has 19 heteroatoms. The Hall–Kier alpha value is -1.94. The highest BCUT2D eigenvalue weighted by Gasteiger charge is 2.30. The Balaban J connectivity index is 5.26. The molecular formula is C64H124O17P2. The number of ether oxygens (including phenoxy) is 4. The van der Waals surface area contributed by atoms with Gasteiger partial charge in [0.05, 0.1) is 26.4 Å². The fourth-order valence-corrected chi connectivity index (χ4v) is 11.0. The molecule has 0 heterocycles. The van der Waals surface area contributed by atoms with Crippen molar-refractivity contribution < 1.29 is 80.2 Å². The Labute approximate surface area is 505 Å². The summed E-state index contributed by atoms with van der Waals surface area (Å²) in [6, 6.07) is 0. The molecule has 0 aliphatic rings. The number of unbranched alkanes of at least 4 members (excludes halogenated alkanes) is 26. The van der Waals surface area contributed by atoms with Crippen molar-refractivity contribution in [2.24, 2.45) is 23.7 Å². The third kappa shape index (κ3) is 57.6. The second kappa shape index (κ2) is 54.2. The zero-order chi connectivity index (χ0) is 61.8. The van der Waals surface area contributed by atoms with Crippen LogP contribution in [0.1, 0.15) is 306 Å². The summed E-state index contributed by atoms with van der Waals surface area (Å²) < 4.78 is 68.0. The SMILES string of the molecule is CCC(C)CCCCCCCCCCC(=O)O[C@H](COC(=O)CCCCCCCCCCC(C)C)COP(=O)(O)OC[C@@H](O)COP(=O)(O)OC[C@@H](COC(=O)CCCCCCCCC(C)C)OC(=O)CCCCCCCCCCC(C)C. The maximum Gasteiger partial charge on any atom is 0.472 e. The third-order valence-corrected chi connectivity index (χ3v) is 16.8. The van der Waals surface area contributed by atoms with Crippen molar-refractivity contribution in [1.29, 1.82) is 0 Å². The van der Waals surface area contributed by atoms with E-state index in [2.05, 4.69) is 55.4 Å². The summed E-state index contributed by atoms with van der Waals surface area (Å²) in [5.74, 6) is 0.751. The van der Waals surface area contributed by atoms with Crippen LogP contribution in [0.25, 0.3) is 0 Å². The van der Waals surface area contributed by atoms with Crippen LogP contribution in [0.3, 0.4) is 0 Å². The van der Waals surface area contributed by atoms with Crippen LogP contribution in [0.15, 0.2) is 0 Å². The van der Waals surface area contributed by atoms with E-state index >= 15 is 0 Å². The van der Waals surface area contributed by atoms with E-state index in [1.54, 1.807) is 0 Å². The summed E-state index contributed by atoms with van der Waals surface area (Å²) in [7, 11) is -9.89. The molecule has 0 aromatic carbocycles. The van der Waals surface area contributed by atoms with Crippen molar-refractivity contribution in [2.75, 3.05) is 39.6 Å². The number of aliphatic hydroxyl groups is 1. The van der Waals surface area contributed by atoms with Crippen molar-refractivity contribution in [3.05, 3.63) is 0 Å². The molecule has 0 saturated carbocycles. The minimum Gasteiger partial charge on any atom is -0.462 e. The first kappa shape index (κ1) is 81.1. The van der Waals surface area contributed by atoms with Gasteiger partial charge in [0.2, 0.25) is 0 Å². The van der Waals surface area contributed by atoms with E-state index in [0.29, 0.717) is 31.6 Å². The van der Waals surface area contributed by atoms with Crippen LogP contribution in [-0.2, 0) is 65.4 Å². The Kier molecular flexibility index (Phi) is 53.0. The fraction of sp³-hybridized carbons (Fsp3) is 0.938. The highest BCUT2D eigenvalue weighted by molar-refractivity contribution is 7.47. The summed E-state index contributed by atoms with van der Waals surface area (Å²) in [5, 5.41) is 10.5. The second-order valence-electron chi connectivity index (χ2n) is 24.8. The lowest BCUT2D eigenvalue weighted by atomic mass is 9.99. The van der Waals surface area contributed by atoms with Gasteiger partial charge in [-0.1, -0.05) is 254 Å². The maximum absolute atomic E-state index is 13.0. The van der Waals surface area contributed by atoms with Crippen LogP contribution in [0, 0.1) is 23.7 Å². The summed E-state index contributed by atoms with van der Waals surface area (Å²) in [6.07, 6.45) is 33.6. The first-order valence-corrected chi connectivity index (χ1v) is 36.2. The molecule has 0 amide bonds. The van der Waals surface area contributed by atoms with Gasteiger partial charge in [-0.2, -0.15) is 0 Å². The normalized spacial score (nSPS) is 14.8. The quantitative estimate of drug-likeness (QED) is 0.0222. The molecule has 0 aliphatic heterocycles. The van der Waals surface area contributed by atoms with Crippen LogP contribution >= 0.6 is 15.6 Å². The first-order valence-electron chi connectivity index (χ1n) is 33.2. The Morgan fingerprint density at radius 1 is 0.337 bits per heavy atom. The minimum absolute atomic E-state index is 0.103. The van der Waals surface area contributed by atoms with E-state index in [1.807, 2.05) is 0 Å². The second-order valence-corrected chi connectivity index (χ2v) is 27.7. The molecular weight excluding hydrogens is 1100 g/mol. The molecule has 0 aliphatic carbocycles. The van der Waals surface area contributed by atoms with E-state index in [9.17, 15) is 43.2 Å². The van der Waals surface area contributed by atoms with Crippen LogP contribution in [0.2, 0.25) is 0 Å². The molecule has 492 valence electrons. The lowest BCUT2D eigenvalue weighted by Crippen LogP contribution is -2.30. The molecule has 0 aromatic heterocycles. The van der Waals surface area contributed by atoms with Crippen molar-refractivity contribution in [3.63, 3.8) is 0 Å². The number of esters is 4. The topological polar surface area (TPSA) is 237 Å². The van der Waals surface area contributed by atoms with Crippen LogP contribution < -0.4 is 0 Å². The van der Waals surface area contributed by atoms with Gasteiger partial charge in [-0.05, 0) is 49.4 Å². The molecule has 3 unspecified atom stereocenters. The van der Waals surface area contributed by atoms with Crippen molar-refractivity contribution in [1.82, 2.24) is 0 Å². The highest BCUT2D eigenvalue weighted by atomic mass is 31.2. The molecule has 6 atom stereocenters. The average molecular weight is 1230 g/mol. The summed E-state index contributed by atoms with van der Waals surface area (Å²) in [4.78, 5) is 72.2. The maximum atomic E-state index is 13.0. The van der Waals surface area contributed by atoms with E-state index in [0.717, 1.165) is 114 Å². The van der Waals surface area contributed by atoms with E-state index in [4.69, 9.17) is 37.0 Å². The van der Waals surface area contributed by atoms with Gasteiger partial charge in [0.1, 0.15) is 19.3 Å². The molecule has 0 bridgehead atoms. The smallest absolute Gasteiger partial charge is 0.462 e. The van der Waals surface area contributed by atoms with E-state index < -0.39 is 97.5 Å². The van der Waals surface area contributed by atoms with Gasteiger partial charge in [-0.25, -0.2) is 9.13 Å². The largest absolute Gasteiger partial charge is 0.472 e. The van der Waals surface area contributed by atoms with Crippen LogP contribution in [0.5, 0.6) is 0 Å². The van der Waals surface area contributed by atoms with Gasteiger partial charge in [0.25, 0.3) is 0 Å². The van der Waals surface area contributed by atoms with Crippen molar-refractivity contribution in [3.8, 4) is 0 Å². The first-order chi connectivity index (χ1) is 39.6. The Bertz CT molecular complexity index is 1660. The average Bonchev–Trinajstić information content (AvgIpc) is 3.44. The van der Waals surface area contributed by atoms with Gasteiger partial charge in [-0.15, -0.1) is 0 Å². The predicted octanol–water partition coefficient (Wildman–Crippen LogP) is 17.4. The van der Waals surface area contributed by atoms with Gasteiger partial charge in [0.15, 0.2) is 12.2 Å². The van der Waals surface area contributed by atoms with Gasteiger partial charge >= 0.3 is 39.5 Å². The van der Waals surface area contributed by atoms with Crippen molar-refractivity contribution in [2.45, 2.75) is 324 Å². The molecule has 0 spiro atoms. The fourth-order valence-electron chi connectivity index (χ4n) is 9.40.